The average molecular weight is 243 g/mol. The molecule has 0 aliphatic carbocycles. The fourth-order valence-electron chi connectivity index (χ4n) is 1.76. The number of carbonyl (C=O) groups is 2. The zero-order chi connectivity index (χ0) is 13.1. The second-order valence-electron chi connectivity index (χ2n) is 3.88. The molecule has 4 heteroatoms. The number of nitrogens with zero attached hydrogens (tertiary/aromatic N) is 1. The van der Waals surface area contributed by atoms with Crippen molar-refractivity contribution in [3.8, 4) is 5.75 Å². The van der Waals surface area contributed by atoms with E-state index in [1.165, 1.54) is 0 Å². The molecule has 0 unspecified atom stereocenters. The van der Waals surface area contributed by atoms with E-state index in [-0.39, 0.29) is 5.78 Å². The van der Waals surface area contributed by atoms with E-state index in [9.17, 15) is 9.59 Å². The average Bonchev–Trinajstić information content (AvgIpc) is 2.79. The number of rotatable bonds is 4. The lowest BCUT2D eigenvalue weighted by molar-refractivity contribution is 0.103. The Balaban J connectivity index is 2.35. The lowest BCUT2D eigenvalue weighted by Crippen LogP contribution is -2.08. The fraction of sp³-hybridized carbons (Fsp3) is 0.143. The van der Waals surface area contributed by atoms with E-state index in [4.69, 9.17) is 4.74 Å². The SMILES string of the molecule is COc1ccc(C(=O)c2ccc(C=O)n2C)cc1. The van der Waals surface area contributed by atoms with Gasteiger partial charge >= 0.3 is 0 Å². The summed E-state index contributed by atoms with van der Waals surface area (Å²) in [5.41, 5.74) is 1.53. The maximum Gasteiger partial charge on any atom is 0.209 e. The molecular formula is C14H13NO3. The van der Waals surface area contributed by atoms with Crippen molar-refractivity contribution in [1.82, 2.24) is 4.57 Å². The number of ether oxygens (including phenoxy) is 1. The first-order chi connectivity index (χ1) is 8.67. The number of hydrogen-bond donors (Lipinski definition) is 0. The zero-order valence-corrected chi connectivity index (χ0v) is 10.2. The third-order valence-electron chi connectivity index (χ3n) is 2.87. The molecule has 0 atom stereocenters. The zero-order valence-electron chi connectivity index (χ0n) is 10.2. The van der Waals surface area contributed by atoms with Crippen LogP contribution in [0.5, 0.6) is 5.75 Å². The molecule has 0 radical (unpaired) electrons. The van der Waals surface area contributed by atoms with Crippen LogP contribution >= 0.6 is 0 Å². The predicted molar refractivity (Wildman–Crippen MR) is 67.2 cm³/mol. The Morgan fingerprint density at radius 2 is 1.83 bits per heavy atom. The van der Waals surface area contributed by atoms with Gasteiger partial charge in [0.05, 0.1) is 18.5 Å². The van der Waals surface area contributed by atoms with Gasteiger partial charge in [0.15, 0.2) is 6.29 Å². The molecule has 2 aromatic rings. The number of benzene rings is 1. The Hall–Kier alpha value is -2.36. The minimum absolute atomic E-state index is 0.117. The minimum Gasteiger partial charge on any atom is -0.497 e. The first kappa shape index (κ1) is 12.1. The number of aromatic nitrogens is 1. The molecule has 0 amide bonds. The van der Waals surface area contributed by atoms with Gasteiger partial charge < -0.3 is 9.30 Å². The first-order valence-electron chi connectivity index (χ1n) is 5.47. The van der Waals surface area contributed by atoms with Crippen molar-refractivity contribution in [2.45, 2.75) is 0 Å². The van der Waals surface area contributed by atoms with Gasteiger partial charge in [0.2, 0.25) is 5.78 Å². The summed E-state index contributed by atoms with van der Waals surface area (Å²) in [6, 6.07) is 10.1. The molecule has 1 aromatic heterocycles. The van der Waals surface area contributed by atoms with Crippen LogP contribution < -0.4 is 4.74 Å². The summed E-state index contributed by atoms with van der Waals surface area (Å²) in [4.78, 5) is 23.0. The maximum absolute atomic E-state index is 12.2. The van der Waals surface area contributed by atoms with Gasteiger partial charge in [-0.1, -0.05) is 0 Å². The van der Waals surface area contributed by atoms with E-state index >= 15 is 0 Å². The fourth-order valence-corrected chi connectivity index (χ4v) is 1.76. The van der Waals surface area contributed by atoms with Crippen LogP contribution in [0, 0.1) is 0 Å². The quantitative estimate of drug-likeness (QED) is 0.610. The lowest BCUT2D eigenvalue weighted by Gasteiger charge is -2.05. The molecule has 0 saturated heterocycles. The smallest absolute Gasteiger partial charge is 0.209 e. The second kappa shape index (κ2) is 4.87. The molecule has 0 saturated carbocycles. The molecule has 0 N–H and O–H groups in total. The van der Waals surface area contributed by atoms with Crippen molar-refractivity contribution >= 4 is 12.1 Å². The summed E-state index contributed by atoms with van der Waals surface area (Å²) < 4.78 is 6.62. The van der Waals surface area contributed by atoms with Crippen LogP contribution in [-0.2, 0) is 7.05 Å². The van der Waals surface area contributed by atoms with Gasteiger partial charge in [-0.15, -0.1) is 0 Å². The third-order valence-corrected chi connectivity index (χ3v) is 2.87. The van der Waals surface area contributed by atoms with E-state index in [1.807, 2.05) is 0 Å². The van der Waals surface area contributed by atoms with Gasteiger partial charge in [-0.2, -0.15) is 0 Å². The molecule has 0 aliphatic heterocycles. The van der Waals surface area contributed by atoms with Gasteiger partial charge in [0.1, 0.15) is 5.75 Å². The molecule has 0 fully saturated rings. The molecule has 92 valence electrons. The van der Waals surface area contributed by atoms with Crippen molar-refractivity contribution in [1.29, 1.82) is 0 Å². The summed E-state index contributed by atoms with van der Waals surface area (Å²) in [5.74, 6) is 0.584. The van der Waals surface area contributed by atoms with Crippen molar-refractivity contribution in [3.63, 3.8) is 0 Å². The minimum atomic E-state index is -0.117. The lowest BCUT2D eigenvalue weighted by atomic mass is 10.1. The number of methoxy groups -OCH3 is 1. The van der Waals surface area contributed by atoms with Crippen molar-refractivity contribution in [2.24, 2.45) is 7.05 Å². The Bertz CT molecular complexity index is 582. The van der Waals surface area contributed by atoms with Crippen molar-refractivity contribution < 1.29 is 14.3 Å². The highest BCUT2D eigenvalue weighted by Crippen LogP contribution is 2.16. The predicted octanol–water partition coefficient (Wildman–Crippen LogP) is 2.08. The topological polar surface area (TPSA) is 48.3 Å². The highest BCUT2D eigenvalue weighted by Gasteiger charge is 2.14. The largest absolute Gasteiger partial charge is 0.497 e. The monoisotopic (exact) mass is 243 g/mol. The van der Waals surface area contributed by atoms with Crippen LogP contribution in [0.4, 0.5) is 0 Å². The number of carbonyl (C=O) groups excluding carboxylic acids is 2. The number of aldehydes is 1. The van der Waals surface area contributed by atoms with E-state index in [0.717, 1.165) is 6.29 Å². The molecule has 18 heavy (non-hydrogen) atoms. The van der Waals surface area contributed by atoms with Crippen molar-refractivity contribution in [2.75, 3.05) is 7.11 Å². The summed E-state index contributed by atoms with van der Waals surface area (Å²) >= 11 is 0. The summed E-state index contributed by atoms with van der Waals surface area (Å²) in [6.45, 7) is 0. The molecular weight excluding hydrogens is 230 g/mol. The summed E-state index contributed by atoms with van der Waals surface area (Å²) in [5, 5.41) is 0. The van der Waals surface area contributed by atoms with E-state index in [0.29, 0.717) is 22.7 Å². The van der Waals surface area contributed by atoms with Crippen LogP contribution in [0.15, 0.2) is 36.4 Å². The molecule has 4 nitrogen and oxygen atoms in total. The molecule has 1 aromatic carbocycles. The van der Waals surface area contributed by atoms with Gasteiger partial charge in [0, 0.05) is 12.6 Å². The summed E-state index contributed by atoms with van der Waals surface area (Å²) in [7, 11) is 3.27. The summed E-state index contributed by atoms with van der Waals surface area (Å²) in [6.07, 6.45) is 0.727. The highest BCUT2D eigenvalue weighted by molar-refractivity contribution is 6.08. The van der Waals surface area contributed by atoms with Crippen LogP contribution in [0.1, 0.15) is 26.5 Å². The second-order valence-corrected chi connectivity index (χ2v) is 3.88. The van der Waals surface area contributed by atoms with Crippen LogP contribution in [0.3, 0.4) is 0 Å². The Morgan fingerprint density at radius 3 is 2.33 bits per heavy atom. The van der Waals surface area contributed by atoms with Crippen LogP contribution in [0.25, 0.3) is 0 Å². The van der Waals surface area contributed by atoms with Crippen LogP contribution in [0.2, 0.25) is 0 Å². The third kappa shape index (κ3) is 2.05. The molecule has 2 rings (SSSR count). The van der Waals surface area contributed by atoms with Crippen molar-refractivity contribution in [3.05, 3.63) is 53.3 Å². The van der Waals surface area contributed by atoms with Crippen LogP contribution in [-0.4, -0.2) is 23.7 Å². The molecule has 0 bridgehead atoms. The van der Waals surface area contributed by atoms with Gasteiger partial charge in [-0.05, 0) is 36.4 Å². The van der Waals surface area contributed by atoms with E-state index in [1.54, 1.807) is 55.1 Å². The molecule has 1 heterocycles. The normalized spacial score (nSPS) is 10.1. The van der Waals surface area contributed by atoms with E-state index < -0.39 is 0 Å². The standard InChI is InChI=1S/C14H13NO3/c1-15-11(9-16)5-8-13(15)14(17)10-3-6-12(18-2)7-4-10/h3-9H,1-2H3. The molecule has 0 spiro atoms. The highest BCUT2D eigenvalue weighted by atomic mass is 16.5. The number of hydrogen-bond acceptors (Lipinski definition) is 3. The van der Waals surface area contributed by atoms with Gasteiger partial charge in [-0.25, -0.2) is 0 Å². The maximum atomic E-state index is 12.2. The van der Waals surface area contributed by atoms with Gasteiger partial charge in [-0.3, -0.25) is 9.59 Å². The Morgan fingerprint density at radius 1 is 1.17 bits per heavy atom. The van der Waals surface area contributed by atoms with E-state index in [2.05, 4.69) is 0 Å². The number of ketones is 1. The first-order valence-corrected chi connectivity index (χ1v) is 5.47. The van der Waals surface area contributed by atoms with Gasteiger partial charge in [0.25, 0.3) is 0 Å². The molecule has 0 aliphatic rings. The Kier molecular flexibility index (Phi) is 3.28. The Labute approximate surface area is 105 Å².